The topological polar surface area (TPSA) is 38.3 Å². The molecule has 1 N–H and O–H groups in total. The Bertz CT molecular complexity index is 309. The molecule has 1 aromatic rings. The van der Waals surface area contributed by atoms with Gasteiger partial charge in [0.15, 0.2) is 0 Å². The number of hydrogen-bond donors (Lipinski definition) is 1. The van der Waals surface area contributed by atoms with E-state index in [0.29, 0.717) is 18.7 Å². The van der Waals surface area contributed by atoms with Crippen LogP contribution in [-0.2, 0) is 4.74 Å². The number of carbonyl (C=O) groups is 1. The highest BCUT2D eigenvalue weighted by molar-refractivity contribution is 5.89. The molecule has 0 atom stereocenters. The third-order valence-corrected chi connectivity index (χ3v) is 1.81. The predicted molar refractivity (Wildman–Crippen MR) is 59.8 cm³/mol. The Balaban J connectivity index is 2.22. The maximum Gasteiger partial charge on any atom is 0.338 e. The second-order valence-electron chi connectivity index (χ2n) is 2.99. The van der Waals surface area contributed by atoms with Crippen LogP contribution in [0.25, 0.3) is 0 Å². The number of benzene rings is 1. The molecule has 0 amide bonds. The molecule has 0 unspecified atom stereocenters. The molecule has 0 aliphatic rings. The van der Waals surface area contributed by atoms with Crippen LogP contribution in [0.1, 0.15) is 10.4 Å². The van der Waals surface area contributed by atoms with Gasteiger partial charge in [0.05, 0.1) is 5.56 Å². The average molecular weight is 205 g/mol. The van der Waals surface area contributed by atoms with Crippen LogP contribution < -0.4 is 5.32 Å². The standard InChI is InChI=1S/C12H15NO2/c1-2-8-13-9-10-15-12(14)11-6-4-3-5-7-11/h2-7,13H,1,8-10H2. The Morgan fingerprint density at radius 2 is 2.13 bits per heavy atom. The molecule has 0 bridgehead atoms. The van der Waals surface area contributed by atoms with Gasteiger partial charge >= 0.3 is 5.97 Å². The second-order valence-corrected chi connectivity index (χ2v) is 2.99. The van der Waals surface area contributed by atoms with E-state index in [1.165, 1.54) is 0 Å². The van der Waals surface area contributed by atoms with Crippen molar-refractivity contribution in [3.8, 4) is 0 Å². The van der Waals surface area contributed by atoms with E-state index in [1.54, 1.807) is 18.2 Å². The Hall–Kier alpha value is -1.61. The van der Waals surface area contributed by atoms with Gasteiger partial charge in [0.1, 0.15) is 6.61 Å². The van der Waals surface area contributed by atoms with Gasteiger partial charge in [-0.15, -0.1) is 6.58 Å². The monoisotopic (exact) mass is 205 g/mol. The van der Waals surface area contributed by atoms with Gasteiger partial charge in [-0.05, 0) is 12.1 Å². The first-order valence-corrected chi connectivity index (χ1v) is 4.88. The number of esters is 1. The number of carbonyl (C=O) groups excluding carboxylic acids is 1. The van der Waals surface area contributed by atoms with Crippen LogP contribution >= 0.6 is 0 Å². The normalized spacial score (nSPS) is 9.60. The summed E-state index contributed by atoms with van der Waals surface area (Å²) in [6, 6.07) is 8.96. The van der Waals surface area contributed by atoms with E-state index in [2.05, 4.69) is 11.9 Å². The molecule has 0 saturated carbocycles. The zero-order chi connectivity index (χ0) is 10.9. The van der Waals surface area contributed by atoms with Crippen molar-refractivity contribution in [2.45, 2.75) is 0 Å². The molecule has 1 aromatic carbocycles. The van der Waals surface area contributed by atoms with E-state index in [9.17, 15) is 4.79 Å². The molecule has 3 nitrogen and oxygen atoms in total. The second kappa shape index (κ2) is 6.79. The molecule has 0 spiro atoms. The average Bonchev–Trinajstić information content (AvgIpc) is 2.30. The quantitative estimate of drug-likeness (QED) is 0.435. The number of hydrogen-bond acceptors (Lipinski definition) is 3. The maximum absolute atomic E-state index is 11.4. The molecule has 0 aliphatic carbocycles. The van der Waals surface area contributed by atoms with E-state index >= 15 is 0 Å². The van der Waals surface area contributed by atoms with Crippen molar-refractivity contribution >= 4 is 5.97 Å². The van der Waals surface area contributed by atoms with E-state index in [-0.39, 0.29) is 5.97 Å². The Labute approximate surface area is 89.8 Å². The van der Waals surface area contributed by atoms with Gasteiger partial charge in [0, 0.05) is 13.1 Å². The van der Waals surface area contributed by atoms with Gasteiger partial charge in [0.2, 0.25) is 0 Å². The lowest BCUT2D eigenvalue weighted by molar-refractivity contribution is 0.0509. The van der Waals surface area contributed by atoms with Gasteiger partial charge in [-0.3, -0.25) is 0 Å². The predicted octanol–water partition coefficient (Wildman–Crippen LogP) is 1.62. The number of ether oxygens (including phenoxy) is 1. The van der Waals surface area contributed by atoms with Crippen molar-refractivity contribution in [2.75, 3.05) is 19.7 Å². The summed E-state index contributed by atoms with van der Waals surface area (Å²) in [5.74, 6) is -0.281. The molecule has 1 rings (SSSR count). The molecule has 3 heteroatoms. The largest absolute Gasteiger partial charge is 0.461 e. The Morgan fingerprint density at radius 1 is 1.40 bits per heavy atom. The van der Waals surface area contributed by atoms with Gasteiger partial charge < -0.3 is 10.1 Å². The summed E-state index contributed by atoms with van der Waals surface area (Å²) >= 11 is 0. The fraction of sp³-hybridized carbons (Fsp3) is 0.250. The minimum atomic E-state index is -0.281. The van der Waals surface area contributed by atoms with E-state index in [4.69, 9.17) is 4.74 Å². The summed E-state index contributed by atoms with van der Waals surface area (Å²) in [6.07, 6.45) is 1.76. The molecule has 0 saturated heterocycles. The highest BCUT2D eigenvalue weighted by Crippen LogP contribution is 2.00. The van der Waals surface area contributed by atoms with Gasteiger partial charge in [0.25, 0.3) is 0 Å². The first-order valence-electron chi connectivity index (χ1n) is 4.88. The molecule has 80 valence electrons. The highest BCUT2D eigenvalue weighted by Gasteiger charge is 2.04. The molecule has 0 aromatic heterocycles. The van der Waals surface area contributed by atoms with E-state index in [0.717, 1.165) is 6.54 Å². The minimum absolute atomic E-state index is 0.281. The molecular formula is C12H15NO2. The number of rotatable bonds is 6. The summed E-state index contributed by atoms with van der Waals surface area (Å²) in [5, 5.41) is 3.05. The smallest absolute Gasteiger partial charge is 0.338 e. The van der Waals surface area contributed by atoms with Gasteiger partial charge in [-0.1, -0.05) is 24.3 Å². The summed E-state index contributed by atoms with van der Waals surface area (Å²) in [4.78, 5) is 11.4. The summed E-state index contributed by atoms with van der Waals surface area (Å²) in [7, 11) is 0. The molecule has 0 radical (unpaired) electrons. The van der Waals surface area contributed by atoms with Crippen molar-refractivity contribution in [3.05, 3.63) is 48.6 Å². The zero-order valence-corrected chi connectivity index (χ0v) is 8.61. The van der Waals surface area contributed by atoms with Crippen LogP contribution in [0.5, 0.6) is 0 Å². The fourth-order valence-corrected chi connectivity index (χ4v) is 1.08. The van der Waals surface area contributed by atoms with Gasteiger partial charge in [-0.25, -0.2) is 4.79 Å². The fourth-order valence-electron chi connectivity index (χ4n) is 1.08. The maximum atomic E-state index is 11.4. The van der Waals surface area contributed by atoms with Crippen LogP contribution in [0.2, 0.25) is 0 Å². The van der Waals surface area contributed by atoms with Crippen LogP contribution in [0.3, 0.4) is 0 Å². The van der Waals surface area contributed by atoms with E-state index < -0.39 is 0 Å². The van der Waals surface area contributed by atoms with Crippen LogP contribution in [0, 0.1) is 0 Å². The van der Waals surface area contributed by atoms with Crippen LogP contribution in [0.15, 0.2) is 43.0 Å². The summed E-state index contributed by atoms with van der Waals surface area (Å²) in [6.45, 7) is 5.32. The third kappa shape index (κ3) is 4.42. The number of nitrogens with one attached hydrogen (secondary N) is 1. The first kappa shape index (κ1) is 11.5. The molecule has 0 aliphatic heterocycles. The SMILES string of the molecule is C=CCNCCOC(=O)c1ccccc1. The Kier molecular flexibility index (Phi) is 5.19. The molecule has 0 fully saturated rings. The Morgan fingerprint density at radius 3 is 2.80 bits per heavy atom. The zero-order valence-electron chi connectivity index (χ0n) is 8.61. The molecular weight excluding hydrogens is 190 g/mol. The summed E-state index contributed by atoms with van der Waals surface area (Å²) < 4.78 is 5.04. The lowest BCUT2D eigenvalue weighted by atomic mass is 10.2. The first-order chi connectivity index (χ1) is 7.34. The molecule has 0 heterocycles. The summed E-state index contributed by atoms with van der Waals surface area (Å²) in [5.41, 5.74) is 0.584. The highest BCUT2D eigenvalue weighted by atomic mass is 16.5. The van der Waals surface area contributed by atoms with Crippen LogP contribution in [0.4, 0.5) is 0 Å². The third-order valence-electron chi connectivity index (χ3n) is 1.81. The lowest BCUT2D eigenvalue weighted by Gasteiger charge is -2.04. The van der Waals surface area contributed by atoms with Gasteiger partial charge in [-0.2, -0.15) is 0 Å². The van der Waals surface area contributed by atoms with Crippen LogP contribution in [-0.4, -0.2) is 25.7 Å². The minimum Gasteiger partial charge on any atom is -0.461 e. The molecule has 15 heavy (non-hydrogen) atoms. The van der Waals surface area contributed by atoms with Crippen molar-refractivity contribution in [2.24, 2.45) is 0 Å². The van der Waals surface area contributed by atoms with Crippen molar-refractivity contribution in [1.29, 1.82) is 0 Å². The lowest BCUT2D eigenvalue weighted by Crippen LogP contribution is -2.21. The van der Waals surface area contributed by atoms with Crippen molar-refractivity contribution < 1.29 is 9.53 Å². The van der Waals surface area contributed by atoms with Crippen molar-refractivity contribution in [3.63, 3.8) is 0 Å². The van der Waals surface area contributed by atoms with E-state index in [1.807, 2.05) is 18.2 Å². The van der Waals surface area contributed by atoms with Crippen molar-refractivity contribution in [1.82, 2.24) is 5.32 Å².